The van der Waals surface area contributed by atoms with Crippen LogP contribution >= 0.6 is 0 Å². The summed E-state index contributed by atoms with van der Waals surface area (Å²) in [5, 5.41) is 15.8. The van der Waals surface area contributed by atoms with Crippen LogP contribution in [0, 0.1) is 18.8 Å². The van der Waals surface area contributed by atoms with Crippen LogP contribution in [0.2, 0.25) is 0 Å². The van der Waals surface area contributed by atoms with Crippen LogP contribution in [0.25, 0.3) is 0 Å². The Kier molecular flexibility index (Phi) is 4.75. The molecule has 2 rings (SSSR count). The van der Waals surface area contributed by atoms with Gasteiger partial charge in [-0.15, -0.1) is 0 Å². The molecule has 0 saturated heterocycles. The molecular weight excluding hydrogens is 266 g/mol. The predicted molar refractivity (Wildman–Crippen MR) is 79.5 cm³/mol. The third-order valence-corrected chi connectivity index (χ3v) is 2.99. The fourth-order valence-corrected chi connectivity index (χ4v) is 1.98. The van der Waals surface area contributed by atoms with E-state index in [0.717, 1.165) is 11.3 Å². The quantitative estimate of drug-likeness (QED) is 0.826. The minimum atomic E-state index is -0.198. The largest absolute Gasteiger partial charge is 0.384 e. The average molecular weight is 283 g/mol. The topological polar surface area (TPSA) is 67.2 Å². The summed E-state index contributed by atoms with van der Waals surface area (Å²) in [6.07, 6.45) is 1.89. The highest BCUT2D eigenvalue weighted by atomic mass is 16.2. The predicted octanol–water partition coefficient (Wildman–Crippen LogP) is 1.00. The van der Waals surface area contributed by atoms with Crippen molar-refractivity contribution in [2.24, 2.45) is 7.05 Å². The Labute approximate surface area is 123 Å². The monoisotopic (exact) mass is 283 g/mol. The second-order valence-electron chi connectivity index (χ2n) is 4.64. The van der Waals surface area contributed by atoms with Gasteiger partial charge in [-0.2, -0.15) is 5.10 Å². The van der Waals surface area contributed by atoms with E-state index in [0.29, 0.717) is 17.7 Å². The van der Waals surface area contributed by atoms with Gasteiger partial charge in [0.2, 0.25) is 0 Å². The Morgan fingerprint density at radius 3 is 2.95 bits per heavy atom. The van der Waals surface area contributed by atoms with Gasteiger partial charge < -0.3 is 10.4 Å². The van der Waals surface area contributed by atoms with Gasteiger partial charge in [-0.3, -0.25) is 9.48 Å². The van der Waals surface area contributed by atoms with E-state index in [-0.39, 0.29) is 12.5 Å². The van der Waals surface area contributed by atoms with Crippen LogP contribution in [0.1, 0.15) is 27.2 Å². The van der Waals surface area contributed by atoms with Gasteiger partial charge in [0, 0.05) is 36.5 Å². The maximum Gasteiger partial charge on any atom is 0.251 e. The molecule has 1 heterocycles. The third-order valence-electron chi connectivity index (χ3n) is 2.99. The van der Waals surface area contributed by atoms with Crippen molar-refractivity contribution in [3.8, 4) is 11.8 Å². The van der Waals surface area contributed by atoms with Gasteiger partial charge in [0.1, 0.15) is 6.61 Å². The zero-order valence-electron chi connectivity index (χ0n) is 12.1. The highest BCUT2D eigenvalue weighted by molar-refractivity contribution is 5.94. The lowest BCUT2D eigenvalue weighted by Crippen LogP contribution is -2.23. The van der Waals surface area contributed by atoms with E-state index < -0.39 is 0 Å². The van der Waals surface area contributed by atoms with Gasteiger partial charge >= 0.3 is 0 Å². The van der Waals surface area contributed by atoms with Crippen LogP contribution in [0.3, 0.4) is 0 Å². The second kappa shape index (κ2) is 6.73. The molecule has 0 atom stereocenters. The van der Waals surface area contributed by atoms with Gasteiger partial charge in [0.05, 0.1) is 5.69 Å². The molecule has 0 spiro atoms. The molecule has 21 heavy (non-hydrogen) atoms. The van der Waals surface area contributed by atoms with E-state index in [1.165, 1.54) is 0 Å². The third kappa shape index (κ3) is 3.94. The molecule has 0 aliphatic rings. The fourth-order valence-electron chi connectivity index (χ4n) is 1.98. The number of nitrogens with zero attached hydrogens (tertiary/aromatic N) is 2. The van der Waals surface area contributed by atoms with Crippen molar-refractivity contribution in [3.63, 3.8) is 0 Å². The maximum absolute atomic E-state index is 12.1. The molecule has 1 aromatic carbocycles. The van der Waals surface area contributed by atoms with Crippen molar-refractivity contribution < 1.29 is 9.90 Å². The van der Waals surface area contributed by atoms with Gasteiger partial charge in [0.25, 0.3) is 5.91 Å². The van der Waals surface area contributed by atoms with Crippen molar-refractivity contribution in [2.45, 2.75) is 13.5 Å². The second-order valence-corrected chi connectivity index (χ2v) is 4.64. The molecular formula is C16H17N3O2. The molecule has 0 bridgehead atoms. The van der Waals surface area contributed by atoms with Crippen LogP contribution < -0.4 is 5.32 Å². The molecule has 0 unspecified atom stereocenters. The molecule has 1 aromatic heterocycles. The Morgan fingerprint density at radius 1 is 1.48 bits per heavy atom. The van der Waals surface area contributed by atoms with Crippen molar-refractivity contribution in [1.29, 1.82) is 0 Å². The summed E-state index contributed by atoms with van der Waals surface area (Å²) in [6, 6.07) is 7.00. The van der Waals surface area contributed by atoms with E-state index >= 15 is 0 Å². The smallest absolute Gasteiger partial charge is 0.251 e. The number of benzene rings is 1. The Balaban J connectivity index is 2.05. The minimum absolute atomic E-state index is 0.161. The highest BCUT2D eigenvalue weighted by Crippen LogP contribution is 2.07. The van der Waals surface area contributed by atoms with Crippen LogP contribution in [-0.4, -0.2) is 27.4 Å². The molecule has 108 valence electrons. The van der Waals surface area contributed by atoms with Gasteiger partial charge in [-0.05, 0) is 25.1 Å². The number of carbonyl (C=O) groups is 1. The molecule has 5 nitrogen and oxygen atoms in total. The Bertz CT molecular complexity index is 708. The summed E-state index contributed by atoms with van der Waals surface area (Å²) in [5.41, 5.74) is 3.14. The van der Waals surface area contributed by atoms with E-state index in [9.17, 15) is 4.79 Å². The number of aliphatic hydroxyl groups excluding tert-OH is 1. The van der Waals surface area contributed by atoms with Crippen molar-refractivity contribution in [2.75, 3.05) is 6.61 Å². The number of aromatic nitrogens is 2. The van der Waals surface area contributed by atoms with E-state index in [1.54, 1.807) is 28.9 Å². The zero-order chi connectivity index (χ0) is 15.2. The number of aryl methyl sites for hydroxylation is 2. The summed E-state index contributed by atoms with van der Waals surface area (Å²) in [6.45, 7) is 2.15. The normalized spacial score (nSPS) is 9.86. The van der Waals surface area contributed by atoms with Crippen molar-refractivity contribution in [3.05, 3.63) is 52.8 Å². The number of aliphatic hydroxyl groups is 1. The fraction of sp³-hybridized carbons (Fsp3) is 0.250. The SMILES string of the molecule is Cc1nn(C)cc1CNC(=O)c1cccc(C#CCO)c1. The van der Waals surface area contributed by atoms with Gasteiger partial charge in [-0.1, -0.05) is 17.9 Å². The summed E-state index contributed by atoms with van der Waals surface area (Å²) < 4.78 is 1.72. The van der Waals surface area contributed by atoms with Crippen molar-refractivity contribution >= 4 is 5.91 Å². The highest BCUT2D eigenvalue weighted by Gasteiger charge is 2.08. The number of carbonyl (C=O) groups excluding carboxylic acids is 1. The molecule has 0 saturated carbocycles. The number of rotatable bonds is 3. The lowest BCUT2D eigenvalue weighted by atomic mass is 10.1. The van der Waals surface area contributed by atoms with Crippen molar-refractivity contribution in [1.82, 2.24) is 15.1 Å². The lowest BCUT2D eigenvalue weighted by Gasteiger charge is -2.04. The minimum Gasteiger partial charge on any atom is -0.384 e. The van der Waals surface area contributed by atoms with Gasteiger partial charge in [-0.25, -0.2) is 0 Å². The van der Waals surface area contributed by atoms with E-state index in [1.807, 2.05) is 20.2 Å². The van der Waals surface area contributed by atoms with Crippen LogP contribution in [0.15, 0.2) is 30.5 Å². The standard InChI is InChI=1S/C16H17N3O2/c1-12-15(11-19(2)18-12)10-17-16(21)14-7-3-5-13(9-14)6-4-8-20/h3,5,7,9,11,20H,8,10H2,1-2H3,(H,17,21). The molecule has 2 aromatic rings. The summed E-state index contributed by atoms with van der Waals surface area (Å²) >= 11 is 0. The number of amides is 1. The summed E-state index contributed by atoms with van der Waals surface area (Å²) in [5.74, 6) is 5.18. The summed E-state index contributed by atoms with van der Waals surface area (Å²) in [7, 11) is 1.85. The molecule has 2 N–H and O–H groups in total. The van der Waals surface area contributed by atoms with Gasteiger partial charge in [0.15, 0.2) is 0 Å². The maximum atomic E-state index is 12.1. The van der Waals surface area contributed by atoms with E-state index in [2.05, 4.69) is 22.3 Å². The first-order chi connectivity index (χ1) is 10.1. The Hall–Kier alpha value is -2.58. The molecule has 0 radical (unpaired) electrons. The molecule has 0 fully saturated rings. The average Bonchev–Trinajstić information content (AvgIpc) is 2.81. The summed E-state index contributed by atoms with van der Waals surface area (Å²) in [4.78, 5) is 12.1. The first-order valence-corrected chi connectivity index (χ1v) is 6.57. The molecule has 5 heteroatoms. The van der Waals surface area contributed by atoms with Crippen LogP contribution in [-0.2, 0) is 13.6 Å². The first-order valence-electron chi connectivity index (χ1n) is 6.57. The molecule has 0 aliphatic carbocycles. The van der Waals surface area contributed by atoms with Crippen LogP contribution in [0.5, 0.6) is 0 Å². The first kappa shape index (κ1) is 14.8. The lowest BCUT2D eigenvalue weighted by molar-refractivity contribution is 0.0951. The molecule has 1 amide bonds. The Morgan fingerprint density at radius 2 is 2.29 bits per heavy atom. The van der Waals surface area contributed by atoms with Crippen LogP contribution in [0.4, 0.5) is 0 Å². The molecule has 0 aliphatic heterocycles. The van der Waals surface area contributed by atoms with E-state index in [4.69, 9.17) is 5.11 Å². The number of hydrogen-bond acceptors (Lipinski definition) is 3. The number of hydrogen-bond donors (Lipinski definition) is 2. The zero-order valence-corrected chi connectivity index (χ0v) is 12.1. The number of nitrogens with one attached hydrogen (secondary N) is 1.